The van der Waals surface area contributed by atoms with Crippen molar-refractivity contribution < 1.29 is 5.11 Å². The predicted molar refractivity (Wildman–Crippen MR) is 71.3 cm³/mol. The number of hydrogen-bond acceptors (Lipinski definition) is 4. The number of nitrogens with zero attached hydrogens (tertiary/aromatic N) is 1. The number of hydrogen-bond donors (Lipinski definition) is 1. The van der Waals surface area contributed by atoms with E-state index in [1.165, 1.54) is 23.1 Å². The van der Waals surface area contributed by atoms with Crippen LogP contribution in [0.2, 0.25) is 5.15 Å². The Balaban J connectivity index is 2.24. The Bertz CT molecular complexity index is 503. The lowest BCUT2D eigenvalue weighted by Gasteiger charge is -1.99. The Morgan fingerprint density at radius 3 is 2.81 bits per heavy atom. The molecule has 0 fully saturated rings. The third-order valence-corrected chi connectivity index (χ3v) is 5.36. The van der Waals surface area contributed by atoms with Gasteiger partial charge in [-0.2, -0.15) is 0 Å². The number of benzene rings is 1. The Kier molecular flexibility index (Phi) is 4.27. The number of aromatic nitrogens is 1. The highest BCUT2D eigenvalue weighted by Crippen LogP contribution is 2.37. The van der Waals surface area contributed by atoms with Gasteiger partial charge in [0.15, 0.2) is 4.34 Å². The fourth-order valence-electron chi connectivity index (χ4n) is 1.08. The number of rotatable bonds is 3. The first-order valence-corrected chi connectivity index (χ1v) is 7.19. The van der Waals surface area contributed by atoms with Crippen LogP contribution >= 0.6 is 50.6 Å². The van der Waals surface area contributed by atoms with Gasteiger partial charge in [0, 0.05) is 9.37 Å². The molecule has 0 amide bonds. The van der Waals surface area contributed by atoms with Crippen molar-refractivity contribution in [2.75, 3.05) is 0 Å². The Morgan fingerprint density at radius 1 is 1.44 bits per heavy atom. The van der Waals surface area contributed by atoms with Crippen molar-refractivity contribution >= 4 is 50.6 Å². The number of thiazole rings is 1. The third-order valence-electron chi connectivity index (χ3n) is 1.81. The fraction of sp³-hybridized carbons (Fsp3) is 0.100. The second-order valence-corrected chi connectivity index (χ2v) is 6.47. The molecule has 0 radical (unpaired) electrons. The summed E-state index contributed by atoms with van der Waals surface area (Å²) in [5, 5.41) is 9.41. The molecule has 1 N–H and O–H groups in total. The van der Waals surface area contributed by atoms with Crippen molar-refractivity contribution in [3.63, 3.8) is 0 Å². The molecule has 2 aromatic rings. The largest absolute Gasteiger partial charge is 0.391 e. The van der Waals surface area contributed by atoms with Gasteiger partial charge in [-0.15, -0.1) is 11.3 Å². The van der Waals surface area contributed by atoms with E-state index in [9.17, 15) is 0 Å². The summed E-state index contributed by atoms with van der Waals surface area (Å²) >= 11 is 12.3. The molecule has 1 aromatic heterocycles. The zero-order valence-electron chi connectivity index (χ0n) is 7.98. The monoisotopic (exact) mass is 335 g/mol. The smallest absolute Gasteiger partial charge is 0.156 e. The first-order valence-electron chi connectivity index (χ1n) is 4.39. The van der Waals surface area contributed by atoms with Gasteiger partial charge in [0.05, 0.1) is 11.5 Å². The van der Waals surface area contributed by atoms with Crippen LogP contribution in [-0.2, 0) is 6.61 Å². The average molecular weight is 337 g/mol. The molecule has 1 aromatic carbocycles. The predicted octanol–water partition coefficient (Wildman–Crippen LogP) is 4.20. The molecule has 2 rings (SSSR count). The Hall–Kier alpha value is -0.0700. The van der Waals surface area contributed by atoms with Crippen LogP contribution in [0.3, 0.4) is 0 Å². The maximum Gasteiger partial charge on any atom is 0.156 e. The van der Waals surface area contributed by atoms with E-state index in [1.807, 2.05) is 24.3 Å². The highest BCUT2D eigenvalue weighted by Gasteiger charge is 2.10. The molecule has 16 heavy (non-hydrogen) atoms. The van der Waals surface area contributed by atoms with E-state index in [0.29, 0.717) is 10.0 Å². The maximum atomic E-state index is 9.02. The third kappa shape index (κ3) is 2.78. The summed E-state index contributed by atoms with van der Waals surface area (Å²) in [7, 11) is 0. The maximum absolute atomic E-state index is 9.02. The van der Waals surface area contributed by atoms with E-state index in [-0.39, 0.29) is 6.61 Å². The molecule has 0 aliphatic carbocycles. The highest BCUT2D eigenvalue weighted by molar-refractivity contribution is 9.10. The van der Waals surface area contributed by atoms with E-state index in [0.717, 1.165) is 13.7 Å². The normalized spacial score (nSPS) is 10.7. The minimum absolute atomic E-state index is 0.0625. The number of halogens is 2. The van der Waals surface area contributed by atoms with Crippen molar-refractivity contribution in [2.24, 2.45) is 0 Å². The molecule has 0 spiro atoms. The van der Waals surface area contributed by atoms with Gasteiger partial charge in [0.25, 0.3) is 0 Å². The van der Waals surface area contributed by atoms with Gasteiger partial charge >= 0.3 is 0 Å². The zero-order chi connectivity index (χ0) is 11.5. The van der Waals surface area contributed by atoms with E-state index < -0.39 is 0 Å². The molecule has 2 nitrogen and oxygen atoms in total. The summed E-state index contributed by atoms with van der Waals surface area (Å²) in [6.07, 6.45) is 0. The summed E-state index contributed by atoms with van der Waals surface area (Å²) < 4.78 is 1.86. The first kappa shape index (κ1) is 12.4. The molecule has 0 bridgehead atoms. The molecule has 0 saturated heterocycles. The molecule has 0 aliphatic rings. The van der Waals surface area contributed by atoms with Crippen LogP contribution in [0.1, 0.15) is 4.88 Å². The van der Waals surface area contributed by atoms with Crippen molar-refractivity contribution in [1.29, 1.82) is 0 Å². The van der Waals surface area contributed by atoms with Crippen LogP contribution in [0.5, 0.6) is 0 Å². The minimum atomic E-state index is -0.0625. The van der Waals surface area contributed by atoms with Crippen molar-refractivity contribution in [2.45, 2.75) is 15.8 Å². The van der Waals surface area contributed by atoms with Gasteiger partial charge < -0.3 is 5.11 Å². The van der Waals surface area contributed by atoms with Gasteiger partial charge in [-0.1, -0.05) is 35.5 Å². The minimum Gasteiger partial charge on any atom is -0.391 e. The van der Waals surface area contributed by atoms with Crippen LogP contribution in [0.25, 0.3) is 0 Å². The van der Waals surface area contributed by atoms with Gasteiger partial charge in [-0.05, 0) is 28.1 Å². The topological polar surface area (TPSA) is 33.1 Å². The average Bonchev–Trinajstić information content (AvgIpc) is 2.62. The number of aliphatic hydroxyl groups excluding tert-OH is 1. The van der Waals surface area contributed by atoms with Gasteiger partial charge in [0.1, 0.15) is 5.15 Å². The molecule has 0 unspecified atom stereocenters. The molecular formula is C10H7BrClNOS2. The van der Waals surface area contributed by atoms with Crippen LogP contribution in [0.4, 0.5) is 0 Å². The molecule has 0 aliphatic heterocycles. The van der Waals surface area contributed by atoms with Gasteiger partial charge in [0.2, 0.25) is 0 Å². The summed E-state index contributed by atoms with van der Waals surface area (Å²) in [6.45, 7) is -0.0625. The quantitative estimate of drug-likeness (QED) is 0.912. The second-order valence-electron chi connectivity index (χ2n) is 2.88. The Labute approximate surface area is 115 Å². The van der Waals surface area contributed by atoms with E-state index in [1.54, 1.807) is 0 Å². The molecule has 6 heteroatoms. The standard InChI is InChI=1S/C10H7BrClNOS2/c11-6-3-1-2-4-7(6)15-10-13-9(12)8(5-14)16-10/h1-4,14H,5H2. The van der Waals surface area contributed by atoms with Crippen LogP contribution in [-0.4, -0.2) is 10.1 Å². The fourth-order valence-corrected chi connectivity index (χ4v) is 3.88. The lowest BCUT2D eigenvalue weighted by atomic mass is 10.4. The van der Waals surface area contributed by atoms with E-state index in [4.69, 9.17) is 16.7 Å². The van der Waals surface area contributed by atoms with Crippen LogP contribution in [0.15, 0.2) is 38.0 Å². The zero-order valence-corrected chi connectivity index (χ0v) is 12.0. The summed E-state index contributed by atoms with van der Waals surface area (Å²) in [5.41, 5.74) is 0. The van der Waals surface area contributed by atoms with Gasteiger partial charge in [-0.3, -0.25) is 0 Å². The molecule has 0 atom stereocenters. The van der Waals surface area contributed by atoms with E-state index >= 15 is 0 Å². The molecular weight excluding hydrogens is 330 g/mol. The Morgan fingerprint density at radius 2 is 2.19 bits per heavy atom. The van der Waals surface area contributed by atoms with Crippen LogP contribution in [0, 0.1) is 0 Å². The van der Waals surface area contributed by atoms with E-state index in [2.05, 4.69) is 20.9 Å². The van der Waals surface area contributed by atoms with Crippen molar-refractivity contribution in [3.05, 3.63) is 38.8 Å². The summed E-state index contributed by atoms with van der Waals surface area (Å²) in [6, 6.07) is 7.91. The summed E-state index contributed by atoms with van der Waals surface area (Å²) in [4.78, 5) is 5.97. The molecule has 1 heterocycles. The lowest BCUT2D eigenvalue weighted by Crippen LogP contribution is -1.75. The van der Waals surface area contributed by atoms with Crippen molar-refractivity contribution in [1.82, 2.24) is 4.98 Å². The first-order chi connectivity index (χ1) is 7.70. The SMILES string of the molecule is OCc1sc(Sc2ccccc2Br)nc1Cl. The van der Waals surface area contributed by atoms with Gasteiger partial charge in [-0.25, -0.2) is 4.98 Å². The molecule has 0 saturated carbocycles. The highest BCUT2D eigenvalue weighted by atomic mass is 79.9. The molecule has 84 valence electrons. The second kappa shape index (κ2) is 5.51. The van der Waals surface area contributed by atoms with Crippen molar-refractivity contribution in [3.8, 4) is 0 Å². The van der Waals surface area contributed by atoms with Crippen LogP contribution < -0.4 is 0 Å². The lowest BCUT2D eigenvalue weighted by molar-refractivity contribution is 0.285. The number of aliphatic hydroxyl groups is 1. The summed E-state index contributed by atoms with van der Waals surface area (Å²) in [5.74, 6) is 0.